The van der Waals surface area contributed by atoms with Gasteiger partial charge >= 0.3 is 11.9 Å². The molecular weight excluding hydrogens is 693 g/mol. The molecule has 0 aliphatic rings. The molecule has 328 valence electrons. The minimum atomic E-state index is -0.540. The normalized spacial score (nSPS) is 12.4. The van der Waals surface area contributed by atoms with Crippen molar-refractivity contribution in [2.45, 2.75) is 258 Å². The third kappa shape index (κ3) is 44.8. The van der Waals surface area contributed by atoms with E-state index in [4.69, 9.17) is 14.2 Å². The van der Waals surface area contributed by atoms with Crippen molar-refractivity contribution >= 4 is 11.9 Å². The summed E-state index contributed by atoms with van der Waals surface area (Å²) in [6.07, 6.45) is 55.7. The zero-order valence-electron chi connectivity index (χ0n) is 37.7. The van der Waals surface area contributed by atoms with Crippen molar-refractivity contribution in [3.05, 3.63) is 36.5 Å². The second-order valence-corrected chi connectivity index (χ2v) is 16.4. The fraction of sp³-hybridized carbons (Fsp3) is 0.843. The number of hydrogen-bond acceptors (Lipinski definition) is 5. The highest BCUT2D eigenvalue weighted by Crippen LogP contribution is 2.14. The molecule has 0 spiro atoms. The first-order chi connectivity index (χ1) is 27.6. The maximum absolute atomic E-state index is 12.7. The molecule has 0 aliphatic carbocycles. The van der Waals surface area contributed by atoms with E-state index in [2.05, 4.69) is 57.2 Å². The Balaban J connectivity index is 4.25. The molecule has 0 rings (SSSR count). The van der Waals surface area contributed by atoms with E-state index in [1.807, 2.05) is 0 Å². The summed E-state index contributed by atoms with van der Waals surface area (Å²) in [5.74, 6) is -0.414. The van der Waals surface area contributed by atoms with Crippen LogP contribution in [-0.2, 0) is 23.8 Å². The van der Waals surface area contributed by atoms with Crippen LogP contribution >= 0.6 is 0 Å². The van der Waals surface area contributed by atoms with E-state index in [0.717, 1.165) is 64.2 Å². The molecule has 5 nitrogen and oxygen atoms in total. The molecular formula is C51H94O5. The van der Waals surface area contributed by atoms with Crippen LogP contribution in [0.15, 0.2) is 36.5 Å². The Kier molecular flexibility index (Phi) is 45.9. The first-order valence-corrected chi connectivity index (χ1v) is 24.5. The predicted molar refractivity (Wildman–Crippen MR) is 242 cm³/mol. The largest absolute Gasteiger partial charge is 0.462 e. The van der Waals surface area contributed by atoms with Gasteiger partial charge in [-0.05, 0) is 70.6 Å². The van der Waals surface area contributed by atoms with Crippen molar-refractivity contribution in [1.82, 2.24) is 0 Å². The van der Waals surface area contributed by atoms with Crippen LogP contribution in [0.1, 0.15) is 252 Å². The number of esters is 2. The van der Waals surface area contributed by atoms with Gasteiger partial charge in [-0.25, -0.2) is 0 Å². The molecule has 0 radical (unpaired) electrons. The molecule has 0 heterocycles. The topological polar surface area (TPSA) is 61.8 Å². The summed E-state index contributed by atoms with van der Waals surface area (Å²) < 4.78 is 17.3. The van der Waals surface area contributed by atoms with Crippen LogP contribution in [-0.4, -0.2) is 37.9 Å². The number of rotatable bonds is 45. The van der Waals surface area contributed by atoms with Crippen LogP contribution in [0.25, 0.3) is 0 Å². The summed E-state index contributed by atoms with van der Waals surface area (Å²) in [5.41, 5.74) is 0. The van der Waals surface area contributed by atoms with Crippen LogP contribution in [0.5, 0.6) is 0 Å². The molecule has 0 aromatic carbocycles. The fourth-order valence-electron chi connectivity index (χ4n) is 6.93. The lowest BCUT2D eigenvalue weighted by Gasteiger charge is -2.18. The van der Waals surface area contributed by atoms with Gasteiger partial charge in [0, 0.05) is 19.4 Å². The SMILES string of the molecule is CCCC/C=C\CCCCCCCC(=O)OC(COCCCCCCCCCCCCCCCC)COC(=O)CCCCCCC/C=C\C/C=C\CCCCC. The number of ether oxygens (including phenoxy) is 3. The highest BCUT2D eigenvalue weighted by atomic mass is 16.6. The van der Waals surface area contributed by atoms with E-state index in [1.54, 1.807) is 0 Å². The van der Waals surface area contributed by atoms with Gasteiger partial charge in [0.2, 0.25) is 0 Å². The molecule has 0 fully saturated rings. The Morgan fingerprint density at radius 2 is 0.768 bits per heavy atom. The number of carbonyl (C=O) groups is 2. The second-order valence-electron chi connectivity index (χ2n) is 16.4. The maximum Gasteiger partial charge on any atom is 0.306 e. The van der Waals surface area contributed by atoms with Crippen LogP contribution < -0.4 is 0 Å². The van der Waals surface area contributed by atoms with Crippen LogP contribution in [0, 0.1) is 0 Å². The van der Waals surface area contributed by atoms with Crippen molar-refractivity contribution < 1.29 is 23.8 Å². The van der Waals surface area contributed by atoms with Gasteiger partial charge in [0.25, 0.3) is 0 Å². The number of carbonyl (C=O) groups excluding carboxylic acids is 2. The summed E-state index contributed by atoms with van der Waals surface area (Å²) in [5, 5.41) is 0. The summed E-state index contributed by atoms with van der Waals surface area (Å²) in [4.78, 5) is 25.3. The molecule has 0 bridgehead atoms. The minimum Gasteiger partial charge on any atom is -0.462 e. The highest BCUT2D eigenvalue weighted by molar-refractivity contribution is 5.70. The Morgan fingerprint density at radius 3 is 1.29 bits per heavy atom. The summed E-state index contributed by atoms with van der Waals surface area (Å²) in [6.45, 7) is 7.77. The molecule has 0 aliphatic heterocycles. The van der Waals surface area contributed by atoms with Gasteiger partial charge in [0.15, 0.2) is 6.10 Å². The standard InChI is InChI=1S/C51H94O5/c1-4-7-10-13-16-19-22-24-26-27-30-32-35-38-41-44-50(52)55-48-49(56-51(53)45-42-39-36-33-29-21-18-15-12-9-6-3)47-54-46-43-40-37-34-31-28-25-23-20-17-14-11-8-5-2/h15-16,18-19,24,26,49H,4-14,17,20-23,25,27-48H2,1-3H3/b18-15-,19-16-,26-24-. The average molecular weight is 787 g/mol. The molecule has 0 saturated carbocycles. The van der Waals surface area contributed by atoms with Gasteiger partial charge in [-0.2, -0.15) is 0 Å². The molecule has 1 unspecified atom stereocenters. The monoisotopic (exact) mass is 787 g/mol. The molecule has 1 atom stereocenters. The van der Waals surface area contributed by atoms with Gasteiger partial charge in [-0.15, -0.1) is 0 Å². The van der Waals surface area contributed by atoms with Gasteiger partial charge in [0.1, 0.15) is 6.61 Å². The van der Waals surface area contributed by atoms with Crippen molar-refractivity contribution in [2.24, 2.45) is 0 Å². The van der Waals surface area contributed by atoms with E-state index in [-0.39, 0.29) is 25.2 Å². The van der Waals surface area contributed by atoms with Crippen LogP contribution in [0.3, 0.4) is 0 Å². The molecule has 5 heteroatoms. The van der Waals surface area contributed by atoms with Crippen LogP contribution in [0.4, 0.5) is 0 Å². The van der Waals surface area contributed by atoms with Gasteiger partial charge in [0.05, 0.1) is 6.61 Å². The number of allylic oxidation sites excluding steroid dienone is 6. The Bertz CT molecular complexity index is 893. The zero-order valence-corrected chi connectivity index (χ0v) is 37.7. The van der Waals surface area contributed by atoms with Crippen molar-refractivity contribution in [3.8, 4) is 0 Å². The highest BCUT2D eigenvalue weighted by Gasteiger charge is 2.17. The minimum absolute atomic E-state index is 0.0787. The van der Waals surface area contributed by atoms with E-state index >= 15 is 0 Å². The molecule has 0 amide bonds. The first kappa shape index (κ1) is 54.1. The van der Waals surface area contributed by atoms with E-state index < -0.39 is 6.10 Å². The molecule has 0 saturated heterocycles. The molecule has 56 heavy (non-hydrogen) atoms. The third-order valence-electron chi connectivity index (χ3n) is 10.6. The second kappa shape index (κ2) is 47.5. The lowest BCUT2D eigenvalue weighted by Crippen LogP contribution is -2.30. The summed E-state index contributed by atoms with van der Waals surface area (Å²) in [6, 6.07) is 0. The van der Waals surface area contributed by atoms with Gasteiger partial charge in [-0.3, -0.25) is 9.59 Å². The van der Waals surface area contributed by atoms with Gasteiger partial charge in [-0.1, -0.05) is 205 Å². The Labute approximate surface area is 349 Å². The predicted octanol–water partition coefficient (Wildman–Crippen LogP) is 16.2. The van der Waals surface area contributed by atoms with Crippen molar-refractivity contribution in [2.75, 3.05) is 19.8 Å². The molecule has 0 aromatic rings. The summed E-state index contributed by atoms with van der Waals surface area (Å²) in [7, 11) is 0. The van der Waals surface area contributed by atoms with E-state index in [9.17, 15) is 9.59 Å². The van der Waals surface area contributed by atoms with E-state index in [1.165, 1.54) is 154 Å². The lowest BCUT2D eigenvalue weighted by molar-refractivity contribution is -0.163. The van der Waals surface area contributed by atoms with E-state index in [0.29, 0.717) is 19.4 Å². The summed E-state index contributed by atoms with van der Waals surface area (Å²) >= 11 is 0. The van der Waals surface area contributed by atoms with Crippen LogP contribution in [0.2, 0.25) is 0 Å². The van der Waals surface area contributed by atoms with Gasteiger partial charge < -0.3 is 14.2 Å². The first-order valence-electron chi connectivity index (χ1n) is 24.5. The molecule has 0 N–H and O–H groups in total. The smallest absolute Gasteiger partial charge is 0.306 e. The quantitative estimate of drug-likeness (QED) is 0.0349. The molecule has 0 aromatic heterocycles. The fourth-order valence-corrected chi connectivity index (χ4v) is 6.93. The third-order valence-corrected chi connectivity index (χ3v) is 10.6. The number of unbranched alkanes of at least 4 members (excludes halogenated alkanes) is 28. The lowest BCUT2D eigenvalue weighted by atomic mass is 10.0. The Morgan fingerprint density at radius 1 is 0.393 bits per heavy atom. The van der Waals surface area contributed by atoms with Crippen molar-refractivity contribution in [3.63, 3.8) is 0 Å². The maximum atomic E-state index is 12.7. The average Bonchev–Trinajstić information content (AvgIpc) is 3.20. The Hall–Kier alpha value is -1.88. The number of hydrogen-bond donors (Lipinski definition) is 0. The van der Waals surface area contributed by atoms with Crippen molar-refractivity contribution in [1.29, 1.82) is 0 Å². The zero-order chi connectivity index (χ0) is 40.7.